The molecule has 0 aliphatic carbocycles. The molecule has 1 saturated heterocycles. The molecule has 0 N–H and O–H groups in total. The summed E-state index contributed by atoms with van der Waals surface area (Å²) in [7, 11) is 1.71. The zero-order valence-electron chi connectivity index (χ0n) is 15.1. The average Bonchev–Trinajstić information content (AvgIpc) is 3.04. The summed E-state index contributed by atoms with van der Waals surface area (Å²) in [5, 5.41) is 21.1. The number of benzene rings is 1. The second kappa shape index (κ2) is 7.26. The lowest BCUT2D eigenvalue weighted by atomic mass is 9.91. The van der Waals surface area contributed by atoms with Gasteiger partial charge in [0.2, 0.25) is 0 Å². The third kappa shape index (κ3) is 3.08. The summed E-state index contributed by atoms with van der Waals surface area (Å²) in [6, 6.07) is 8.38. The minimum absolute atomic E-state index is 0.0376. The number of pyridine rings is 1. The number of anilines is 1. The molecule has 26 heavy (non-hydrogen) atoms. The molecule has 1 atom stereocenters. The summed E-state index contributed by atoms with van der Waals surface area (Å²) in [6.45, 7) is 3.63. The molecular formula is C19H22N4O3. The van der Waals surface area contributed by atoms with Crippen LogP contribution in [0.5, 0.6) is 0 Å². The van der Waals surface area contributed by atoms with Crippen molar-refractivity contribution < 1.29 is 9.66 Å². The fraction of sp³-hybridized carbons (Fsp3) is 0.474. The molecule has 1 fully saturated rings. The van der Waals surface area contributed by atoms with Gasteiger partial charge in [-0.3, -0.25) is 10.1 Å². The molecule has 0 spiro atoms. The zero-order valence-corrected chi connectivity index (χ0v) is 15.1. The number of aromatic nitrogens is 1. The number of nitro groups is 1. The van der Waals surface area contributed by atoms with Crippen molar-refractivity contribution in [1.29, 1.82) is 5.26 Å². The molecule has 0 radical (unpaired) electrons. The Kier molecular flexibility index (Phi) is 5.05. The molecule has 1 aliphatic rings. The van der Waals surface area contributed by atoms with Crippen LogP contribution >= 0.6 is 0 Å². The molecule has 1 aromatic carbocycles. The van der Waals surface area contributed by atoms with E-state index in [4.69, 9.17) is 9.72 Å². The van der Waals surface area contributed by atoms with E-state index in [0.717, 1.165) is 38.0 Å². The highest BCUT2D eigenvalue weighted by Gasteiger charge is 2.41. The lowest BCUT2D eigenvalue weighted by molar-refractivity contribution is -0.384. The van der Waals surface area contributed by atoms with E-state index in [2.05, 4.69) is 17.9 Å². The molecule has 1 aromatic heterocycles. The van der Waals surface area contributed by atoms with E-state index in [1.807, 2.05) is 0 Å². The van der Waals surface area contributed by atoms with Crippen molar-refractivity contribution >= 4 is 22.4 Å². The smallest absolute Gasteiger partial charge is 0.270 e. The summed E-state index contributed by atoms with van der Waals surface area (Å²) < 4.78 is 5.51. The lowest BCUT2D eigenvalue weighted by Gasteiger charge is -2.39. The fourth-order valence-electron chi connectivity index (χ4n) is 4.06. The topological polar surface area (TPSA) is 92.3 Å². The Labute approximate surface area is 152 Å². The first-order chi connectivity index (χ1) is 12.5. The fourth-order valence-corrected chi connectivity index (χ4v) is 4.06. The molecule has 7 nitrogen and oxygen atoms in total. The van der Waals surface area contributed by atoms with Gasteiger partial charge in [-0.15, -0.1) is 0 Å². The molecule has 2 heterocycles. The molecule has 3 rings (SSSR count). The van der Waals surface area contributed by atoms with E-state index < -0.39 is 4.92 Å². The summed E-state index contributed by atoms with van der Waals surface area (Å²) in [6.07, 6.45) is 4.09. The van der Waals surface area contributed by atoms with E-state index >= 15 is 0 Å². The predicted octanol–water partition coefficient (Wildman–Crippen LogP) is 3.80. The minimum atomic E-state index is -0.458. The van der Waals surface area contributed by atoms with Gasteiger partial charge in [0.15, 0.2) is 0 Å². The summed E-state index contributed by atoms with van der Waals surface area (Å²) in [5.74, 6) is 0.742. The Bertz CT molecular complexity index is 869. The van der Waals surface area contributed by atoms with Crippen molar-refractivity contribution in [2.24, 2.45) is 0 Å². The summed E-state index contributed by atoms with van der Waals surface area (Å²) in [4.78, 5) is 17.5. The van der Waals surface area contributed by atoms with E-state index in [-0.39, 0.29) is 11.2 Å². The van der Waals surface area contributed by atoms with Crippen molar-refractivity contribution in [1.82, 2.24) is 4.98 Å². The molecule has 1 unspecified atom stereocenters. The molecule has 0 amide bonds. The maximum absolute atomic E-state index is 11.0. The van der Waals surface area contributed by atoms with Crippen LogP contribution < -0.4 is 4.90 Å². The Morgan fingerprint density at radius 1 is 1.46 bits per heavy atom. The quantitative estimate of drug-likeness (QED) is 0.579. The second-order valence-electron chi connectivity index (χ2n) is 6.76. The molecule has 7 heteroatoms. The van der Waals surface area contributed by atoms with E-state index in [0.29, 0.717) is 23.1 Å². The van der Waals surface area contributed by atoms with Crippen molar-refractivity contribution in [3.05, 3.63) is 39.9 Å². The number of ether oxygens (including phenoxy) is 1. The van der Waals surface area contributed by atoms with E-state index in [9.17, 15) is 15.4 Å². The van der Waals surface area contributed by atoms with Crippen molar-refractivity contribution in [2.45, 2.75) is 38.1 Å². The first-order valence-corrected chi connectivity index (χ1v) is 8.80. The number of nitriles is 1. The minimum Gasteiger partial charge on any atom is -0.382 e. The number of hydrogen-bond acceptors (Lipinski definition) is 6. The normalized spacial score (nSPS) is 19.7. The molecule has 0 saturated carbocycles. The number of methoxy groups -OCH3 is 1. The van der Waals surface area contributed by atoms with Crippen LogP contribution in [0.25, 0.3) is 10.9 Å². The number of nitro benzene ring substituents is 1. The average molecular weight is 354 g/mol. The van der Waals surface area contributed by atoms with Crippen LogP contribution in [0, 0.1) is 21.4 Å². The second-order valence-corrected chi connectivity index (χ2v) is 6.76. The molecule has 0 bridgehead atoms. The first kappa shape index (κ1) is 18.1. The Hall–Kier alpha value is -2.72. The molecule has 2 aromatic rings. The largest absolute Gasteiger partial charge is 0.382 e. The van der Waals surface area contributed by atoms with Crippen LogP contribution in [0.15, 0.2) is 24.3 Å². The third-order valence-electron chi connectivity index (χ3n) is 5.11. The zero-order chi connectivity index (χ0) is 18.7. The van der Waals surface area contributed by atoms with Crippen LogP contribution in [0.3, 0.4) is 0 Å². The van der Waals surface area contributed by atoms with Gasteiger partial charge >= 0.3 is 0 Å². The van der Waals surface area contributed by atoms with Gasteiger partial charge in [-0.1, -0.05) is 13.3 Å². The van der Waals surface area contributed by atoms with Crippen LogP contribution in [0.2, 0.25) is 0 Å². The number of non-ortho nitro benzene ring substituents is 1. The van der Waals surface area contributed by atoms with Gasteiger partial charge in [-0.05, 0) is 31.4 Å². The van der Waals surface area contributed by atoms with Crippen molar-refractivity contribution in [3.8, 4) is 6.07 Å². The number of fused-ring (bicyclic) bond motifs is 1. The SMILES string of the molecule is CCCC1(COC)CCCN1c1cc(C#N)c2cc([N+](=O)[O-])ccc2n1. The highest BCUT2D eigenvalue weighted by atomic mass is 16.6. The highest BCUT2D eigenvalue weighted by Crippen LogP contribution is 2.38. The van der Waals surface area contributed by atoms with Gasteiger partial charge in [0.25, 0.3) is 5.69 Å². The first-order valence-electron chi connectivity index (χ1n) is 8.80. The molecule has 1 aliphatic heterocycles. The van der Waals surface area contributed by atoms with Crippen LogP contribution in [0.1, 0.15) is 38.2 Å². The number of rotatable bonds is 6. The maximum Gasteiger partial charge on any atom is 0.270 e. The van der Waals surface area contributed by atoms with Crippen LogP contribution in [-0.2, 0) is 4.74 Å². The van der Waals surface area contributed by atoms with Crippen molar-refractivity contribution in [2.75, 3.05) is 25.2 Å². The monoisotopic (exact) mass is 354 g/mol. The van der Waals surface area contributed by atoms with E-state index in [1.165, 1.54) is 12.1 Å². The number of nitrogens with zero attached hydrogens (tertiary/aromatic N) is 4. The maximum atomic E-state index is 11.0. The summed E-state index contributed by atoms with van der Waals surface area (Å²) >= 11 is 0. The predicted molar refractivity (Wildman–Crippen MR) is 99.2 cm³/mol. The molecule has 136 valence electrons. The lowest BCUT2D eigenvalue weighted by Crippen LogP contribution is -2.48. The van der Waals surface area contributed by atoms with Gasteiger partial charge in [0.05, 0.1) is 34.2 Å². The number of hydrogen-bond donors (Lipinski definition) is 0. The van der Waals surface area contributed by atoms with Gasteiger partial charge < -0.3 is 9.64 Å². The standard InChI is InChI=1S/C19H22N4O3/c1-3-7-19(13-26-2)8-4-9-22(19)18-10-14(12-20)16-11-15(23(24)25)5-6-17(16)21-18/h5-6,10-11H,3-4,7-9,13H2,1-2H3. The summed E-state index contributed by atoms with van der Waals surface area (Å²) in [5.41, 5.74) is 0.852. The van der Waals surface area contributed by atoms with Gasteiger partial charge in [0, 0.05) is 31.2 Å². The third-order valence-corrected chi connectivity index (χ3v) is 5.11. The van der Waals surface area contributed by atoms with E-state index in [1.54, 1.807) is 19.2 Å². The van der Waals surface area contributed by atoms with Gasteiger partial charge in [-0.25, -0.2) is 4.98 Å². The molecular weight excluding hydrogens is 332 g/mol. The van der Waals surface area contributed by atoms with Gasteiger partial charge in [0.1, 0.15) is 5.82 Å². The highest BCUT2D eigenvalue weighted by molar-refractivity contribution is 5.88. The van der Waals surface area contributed by atoms with Gasteiger partial charge in [-0.2, -0.15) is 5.26 Å². The van der Waals surface area contributed by atoms with Crippen LogP contribution in [0.4, 0.5) is 11.5 Å². The Balaban J connectivity index is 2.12. The van der Waals surface area contributed by atoms with Crippen molar-refractivity contribution in [3.63, 3.8) is 0 Å². The van der Waals surface area contributed by atoms with Crippen LogP contribution in [-0.4, -0.2) is 35.7 Å². The Morgan fingerprint density at radius 3 is 2.92 bits per heavy atom. The Morgan fingerprint density at radius 2 is 2.27 bits per heavy atom.